The summed E-state index contributed by atoms with van der Waals surface area (Å²) in [5.74, 6) is -0.334. The van der Waals surface area contributed by atoms with Gasteiger partial charge in [0.05, 0.1) is 25.2 Å². The van der Waals surface area contributed by atoms with Gasteiger partial charge in [-0.2, -0.15) is 0 Å². The summed E-state index contributed by atoms with van der Waals surface area (Å²) in [6, 6.07) is -0.409. The van der Waals surface area contributed by atoms with E-state index in [0.29, 0.717) is 31.2 Å². The van der Waals surface area contributed by atoms with E-state index in [2.05, 4.69) is 15.6 Å². The van der Waals surface area contributed by atoms with Crippen LogP contribution in [0.1, 0.15) is 19.3 Å². The number of aromatic nitrogens is 1. The summed E-state index contributed by atoms with van der Waals surface area (Å²) in [5, 5.41) is 17.5. The van der Waals surface area contributed by atoms with Crippen molar-refractivity contribution >= 4 is 28.3 Å². The smallest absolute Gasteiger partial charge is 0.229 e. The Labute approximate surface area is 155 Å². The third-order valence-corrected chi connectivity index (χ3v) is 5.12. The van der Waals surface area contributed by atoms with Gasteiger partial charge in [-0.15, -0.1) is 11.3 Å². The molecule has 3 N–H and O–H groups in total. The lowest BCUT2D eigenvalue weighted by Crippen LogP contribution is -2.50. The van der Waals surface area contributed by atoms with Crippen molar-refractivity contribution in [1.29, 1.82) is 0 Å². The third-order valence-electron chi connectivity index (χ3n) is 4.43. The molecule has 0 aliphatic carbocycles. The molecule has 9 heteroatoms. The molecule has 8 nitrogen and oxygen atoms in total. The van der Waals surface area contributed by atoms with E-state index in [9.17, 15) is 14.7 Å². The van der Waals surface area contributed by atoms with E-state index in [4.69, 9.17) is 9.47 Å². The van der Waals surface area contributed by atoms with Crippen molar-refractivity contribution in [3.8, 4) is 0 Å². The number of aliphatic hydroxyl groups is 1. The summed E-state index contributed by atoms with van der Waals surface area (Å²) >= 11 is 1.34. The monoisotopic (exact) mass is 381 g/mol. The number of hydrogen-bond donors (Lipinski definition) is 3. The molecule has 0 spiro atoms. The minimum Gasteiger partial charge on any atom is -0.394 e. The SMILES string of the molecule is O=C(C[C@@H]1C=C[C@H](NC(=O)C2CCOCC2)[C@H](CO)O1)Nc1nccs1. The molecule has 3 heterocycles. The van der Waals surface area contributed by atoms with Crippen molar-refractivity contribution in [3.63, 3.8) is 0 Å². The Morgan fingerprint density at radius 3 is 2.81 bits per heavy atom. The number of thiazole rings is 1. The van der Waals surface area contributed by atoms with Gasteiger partial charge < -0.3 is 25.2 Å². The first-order valence-corrected chi connectivity index (χ1v) is 9.56. The Morgan fingerprint density at radius 2 is 2.12 bits per heavy atom. The molecular weight excluding hydrogens is 358 g/mol. The highest BCUT2D eigenvalue weighted by molar-refractivity contribution is 7.13. The maximum absolute atomic E-state index is 12.4. The Bertz CT molecular complexity index is 630. The van der Waals surface area contributed by atoms with Crippen molar-refractivity contribution in [2.24, 2.45) is 5.92 Å². The van der Waals surface area contributed by atoms with Gasteiger partial charge in [-0.05, 0) is 12.8 Å². The van der Waals surface area contributed by atoms with E-state index in [1.54, 1.807) is 23.7 Å². The zero-order valence-electron chi connectivity index (χ0n) is 14.3. The largest absolute Gasteiger partial charge is 0.394 e. The van der Waals surface area contributed by atoms with Gasteiger partial charge in [-0.25, -0.2) is 4.98 Å². The van der Waals surface area contributed by atoms with E-state index >= 15 is 0 Å². The zero-order valence-corrected chi connectivity index (χ0v) is 15.1. The van der Waals surface area contributed by atoms with Crippen LogP contribution >= 0.6 is 11.3 Å². The van der Waals surface area contributed by atoms with Crippen molar-refractivity contribution in [1.82, 2.24) is 10.3 Å². The minimum atomic E-state index is -0.582. The molecule has 1 saturated heterocycles. The van der Waals surface area contributed by atoms with Crippen LogP contribution in [0.25, 0.3) is 0 Å². The average molecular weight is 381 g/mol. The number of nitrogens with zero attached hydrogens (tertiary/aromatic N) is 1. The molecular formula is C17H23N3O5S. The third kappa shape index (κ3) is 5.10. The standard InChI is InChI=1S/C17H23N3O5S/c21-10-14-13(19-16(23)11-3-6-24-7-4-11)2-1-12(25-14)9-15(22)20-17-18-5-8-26-17/h1-2,5,8,11-14,21H,3-4,6-7,9-10H2,(H,19,23)(H,18,20,22)/t12-,13-,14-/m0/s1. The normalized spacial score (nSPS) is 26.4. The van der Waals surface area contributed by atoms with Gasteiger partial charge in [0.15, 0.2) is 5.13 Å². The van der Waals surface area contributed by atoms with Gasteiger partial charge in [0, 0.05) is 30.7 Å². The first-order valence-electron chi connectivity index (χ1n) is 8.68. The molecule has 0 aromatic carbocycles. The topological polar surface area (TPSA) is 110 Å². The maximum Gasteiger partial charge on any atom is 0.229 e. The molecule has 0 saturated carbocycles. The summed E-state index contributed by atoms with van der Waals surface area (Å²) in [5.41, 5.74) is 0. The van der Waals surface area contributed by atoms with Gasteiger partial charge in [0.1, 0.15) is 6.10 Å². The number of hydrogen-bond acceptors (Lipinski definition) is 7. The lowest BCUT2D eigenvalue weighted by molar-refractivity contribution is -0.131. The fourth-order valence-corrected chi connectivity index (χ4v) is 3.56. The van der Waals surface area contributed by atoms with Gasteiger partial charge >= 0.3 is 0 Å². The molecule has 2 amide bonds. The highest BCUT2D eigenvalue weighted by atomic mass is 32.1. The Kier molecular flexibility index (Phi) is 6.73. The number of nitrogens with one attached hydrogen (secondary N) is 2. The minimum absolute atomic E-state index is 0.0510. The van der Waals surface area contributed by atoms with E-state index in [-0.39, 0.29) is 30.8 Å². The summed E-state index contributed by atoms with van der Waals surface area (Å²) in [6.45, 7) is 0.942. The Balaban J connectivity index is 1.52. The van der Waals surface area contributed by atoms with Gasteiger partial charge in [-0.1, -0.05) is 12.2 Å². The van der Waals surface area contributed by atoms with E-state index in [0.717, 1.165) is 0 Å². The zero-order chi connectivity index (χ0) is 18.4. The van der Waals surface area contributed by atoms with Crippen molar-refractivity contribution in [2.75, 3.05) is 25.1 Å². The summed E-state index contributed by atoms with van der Waals surface area (Å²) in [4.78, 5) is 28.4. The second-order valence-electron chi connectivity index (χ2n) is 6.29. The van der Waals surface area contributed by atoms with Crippen molar-refractivity contribution < 1.29 is 24.2 Å². The van der Waals surface area contributed by atoms with Crippen LogP contribution in [-0.2, 0) is 19.1 Å². The van der Waals surface area contributed by atoms with Crippen molar-refractivity contribution in [2.45, 2.75) is 37.5 Å². The predicted molar refractivity (Wildman–Crippen MR) is 95.7 cm³/mol. The molecule has 0 radical (unpaired) electrons. The number of amides is 2. The van der Waals surface area contributed by atoms with Crippen LogP contribution in [0, 0.1) is 5.92 Å². The lowest BCUT2D eigenvalue weighted by Gasteiger charge is -2.33. The fraction of sp³-hybridized carbons (Fsp3) is 0.588. The lowest BCUT2D eigenvalue weighted by atomic mass is 9.97. The fourth-order valence-electron chi connectivity index (χ4n) is 3.02. The Hall–Kier alpha value is -1.81. The Morgan fingerprint density at radius 1 is 1.31 bits per heavy atom. The number of ether oxygens (including phenoxy) is 2. The highest BCUT2D eigenvalue weighted by Gasteiger charge is 2.31. The molecule has 0 unspecified atom stereocenters. The van der Waals surface area contributed by atoms with Crippen LogP contribution in [0.4, 0.5) is 5.13 Å². The molecule has 1 aromatic rings. The second-order valence-corrected chi connectivity index (χ2v) is 7.19. The molecule has 1 aromatic heterocycles. The number of carbonyl (C=O) groups is 2. The molecule has 3 rings (SSSR count). The molecule has 0 bridgehead atoms. The number of carbonyl (C=O) groups excluding carboxylic acids is 2. The average Bonchev–Trinajstić information content (AvgIpc) is 3.16. The van der Waals surface area contributed by atoms with Crippen LogP contribution in [0.2, 0.25) is 0 Å². The number of rotatable bonds is 6. The van der Waals surface area contributed by atoms with Crippen LogP contribution in [-0.4, -0.2) is 60.0 Å². The molecule has 26 heavy (non-hydrogen) atoms. The van der Waals surface area contributed by atoms with Crippen LogP contribution in [0.3, 0.4) is 0 Å². The number of aliphatic hydroxyl groups excluding tert-OH is 1. The van der Waals surface area contributed by atoms with Gasteiger partial charge in [0.25, 0.3) is 0 Å². The molecule has 1 fully saturated rings. The quantitative estimate of drug-likeness (QED) is 0.626. The first kappa shape index (κ1) is 19.0. The molecule has 3 atom stereocenters. The van der Waals surface area contributed by atoms with Crippen LogP contribution < -0.4 is 10.6 Å². The van der Waals surface area contributed by atoms with Gasteiger partial charge in [0.2, 0.25) is 11.8 Å². The van der Waals surface area contributed by atoms with E-state index < -0.39 is 18.2 Å². The summed E-state index contributed by atoms with van der Waals surface area (Å²) < 4.78 is 11.0. The second kappa shape index (κ2) is 9.22. The van der Waals surface area contributed by atoms with Crippen LogP contribution in [0.15, 0.2) is 23.7 Å². The van der Waals surface area contributed by atoms with E-state index in [1.807, 2.05) is 0 Å². The summed E-state index contributed by atoms with van der Waals surface area (Å²) in [6.07, 6.45) is 5.65. The van der Waals surface area contributed by atoms with E-state index in [1.165, 1.54) is 11.3 Å². The first-order chi connectivity index (χ1) is 12.7. The maximum atomic E-state index is 12.4. The molecule has 2 aliphatic heterocycles. The number of anilines is 1. The highest BCUT2D eigenvalue weighted by Crippen LogP contribution is 2.19. The predicted octanol–water partition coefficient (Wildman–Crippen LogP) is 0.699. The molecule has 142 valence electrons. The summed E-state index contributed by atoms with van der Waals surface area (Å²) in [7, 11) is 0. The van der Waals surface area contributed by atoms with Gasteiger partial charge in [-0.3, -0.25) is 9.59 Å². The molecule has 2 aliphatic rings. The van der Waals surface area contributed by atoms with Crippen molar-refractivity contribution in [3.05, 3.63) is 23.7 Å². The van der Waals surface area contributed by atoms with Crippen LogP contribution in [0.5, 0.6) is 0 Å².